The van der Waals surface area contributed by atoms with Gasteiger partial charge in [0.05, 0.1) is 72.6 Å². The highest BCUT2D eigenvalue weighted by Gasteiger charge is 2.48. The van der Waals surface area contributed by atoms with E-state index in [-0.39, 0.29) is 64.4 Å². The normalized spacial score (nSPS) is 18.9. The molecule has 6 fully saturated rings. The SMILES string of the molecule is Cc1cc(C(=O)N2CCC3(CC2)OCc2ccccc23)ccc1CNC(=O)N1CCN(CCO)CC1.Cc1cc(C(=O)N2CCC3(CC2)OCc2ccccc23)ccc1CNC(=O)N1CCN(Cc2cc(O)cc(O)c2)CC1.Clc1ccc2c(c1)N=C(N1CCC3(CC1)OCc1ccccc13)c1ccccc1O2.N#Cc1ccccc1CN1CCC2(CC1)OCc1ccccc12. The third kappa shape index (κ3) is 19.7. The van der Waals surface area contributed by atoms with Crippen LogP contribution in [0.4, 0.5) is 15.3 Å². The molecular formula is C106H115ClN12O12. The molecule has 131 heavy (non-hydrogen) atoms. The van der Waals surface area contributed by atoms with E-state index in [1.807, 2.05) is 126 Å². The zero-order valence-corrected chi connectivity index (χ0v) is 75.4. The number of aliphatic hydroxyl groups is 1. The molecule has 11 heterocycles. The van der Waals surface area contributed by atoms with Crippen molar-refractivity contribution in [2.24, 2.45) is 4.99 Å². The largest absolute Gasteiger partial charge is 0.508 e. The number of para-hydroxylation sites is 1. The number of piperazine rings is 2. The van der Waals surface area contributed by atoms with E-state index in [1.54, 1.807) is 17.0 Å². The Morgan fingerprint density at radius 2 is 0.847 bits per heavy atom. The first kappa shape index (κ1) is 89.6. The van der Waals surface area contributed by atoms with E-state index in [1.165, 1.54) is 50.6 Å². The first-order valence-electron chi connectivity index (χ1n) is 46.2. The number of halogens is 1. The van der Waals surface area contributed by atoms with Gasteiger partial charge in [0.2, 0.25) is 0 Å². The fourth-order valence-electron chi connectivity index (χ4n) is 20.8. The number of nitriles is 1. The number of benzene rings is 10. The second kappa shape index (κ2) is 39.6. The third-order valence-corrected chi connectivity index (χ3v) is 28.7. The highest BCUT2D eigenvalue weighted by atomic mass is 35.5. The minimum absolute atomic E-state index is 0.0358. The molecule has 0 aromatic heterocycles. The number of urea groups is 2. The fourth-order valence-corrected chi connectivity index (χ4v) is 21.0. The molecule has 11 aliphatic heterocycles. The Balaban J connectivity index is 0.000000120. The van der Waals surface area contributed by atoms with Gasteiger partial charge in [0, 0.05) is 160 Å². The number of nitrogens with zero attached hydrogens (tertiary/aromatic N) is 10. The number of hydrogen-bond acceptors (Lipinski definition) is 18. The monoisotopic (exact) mass is 1780 g/mol. The molecule has 678 valence electrons. The van der Waals surface area contributed by atoms with Crippen LogP contribution in [-0.4, -0.2) is 202 Å². The van der Waals surface area contributed by atoms with Gasteiger partial charge in [-0.05, 0) is 216 Å². The summed E-state index contributed by atoms with van der Waals surface area (Å²) in [6.07, 6.45) is 7.15. The number of amidine groups is 1. The number of aryl methyl sites for hydroxylation is 2. The number of fused-ring (bicyclic) bond motifs is 10. The van der Waals surface area contributed by atoms with Gasteiger partial charge in [-0.2, -0.15) is 5.26 Å². The number of phenolic OH excluding ortho intramolecular Hbond substituents is 2. The minimum Gasteiger partial charge on any atom is -0.508 e. The first-order valence-corrected chi connectivity index (χ1v) is 46.6. The van der Waals surface area contributed by atoms with Crippen LogP contribution >= 0.6 is 11.6 Å². The van der Waals surface area contributed by atoms with Crippen LogP contribution in [0.2, 0.25) is 5.02 Å². The third-order valence-electron chi connectivity index (χ3n) is 28.5. The van der Waals surface area contributed by atoms with Crippen LogP contribution in [0, 0.1) is 25.2 Å². The quantitative estimate of drug-likeness (QED) is 0.0761. The molecule has 21 rings (SSSR count). The summed E-state index contributed by atoms with van der Waals surface area (Å²) in [5, 5.41) is 44.4. The smallest absolute Gasteiger partial charge is 0.317 e. The van der Waals surface area contributed by atoms with Crippen LogP contribution in [-0.2, 0) is 94.0 Å². The molecule has 6 saturated heterocycles. The summed E-state index contributed by atoms with van der Waals surface area (Å²) in [4.78, 5) is 73.7. The topological polar surface area (TPSA) is 261 Å². The molecule has 10 aromatic carbocycles. The van der Waals surface area contributed by atoms with E-state index in [4.69, 9.17) is 45.4 Å². The van der Waals surface area contributed by atoms with Crippen LogP contribution in [0.1, 0.15) is 161 Å². The summed E-state index contributed by atoms with van der Waals surface area (Å²) < 4.78 is 31.2. The standard InChI is InChI=1S/C33H38N4O5.C28H36N4O4.C25H21ClN2O2.C20H20N2O/c1-23-16-25(31(40)36-10-8-33(9-11-36)30-5-3-2-4-27(30)22-42-33)6-7-26(23)20-34-32(41)37-14-12-35(13-15-37)21-24-17-28(38)19-29(39)18-24;1-21-18-22(6-7-23(21)19-29-27(35)32-14-12-30(13-15-32)16-17-33)26(34)31-10-8-28(9-11-31)25-5-3-2-4-24(25)20-36-28;26-18-9-10-23-21(15-18)27-24(19-6-2-4-8-22(19)30-23)28-13-11-25(12-14-28)20-7-3-1-5-17(20)16-29-25;21-13-16-5-1-2-6-17(16)14-22-11-9-20(10-12-22)19-8-4-3-7-18(19)15-23-20/h2-7,16-19,38-39H,8-15,20-22H2,1H3,(H,34,41);2-7,18,33H,8-17,19-20H2,1H3,(H,29,35);1-10,15H,11-14,16H2;1-8H,9-12,14-15H2. The number of aromatic hydroxyl groups is 2. The number of aliphatic imine (C=N–C) groups is 1. The maximum atomic E-state index is 13.3. The molecular weight excluding hydrogens is 1670 g/mol. The van der Waals surface area contributed by atoms with Gasteiger partial charge in [0.25, 0.3) is 11.8 Å². The zero-order valence-electron chi connectivity index (χ0n) is 74.7. The number of aliphatic hydroxyl groups excluding tert-OH is 1. The van der Waals surface area contributed by atoms with Crippen molar-refractivity contribution in [2.75, 3.05) is 118 Å². The van der Waals surface area contributed by atoms with E-state index >= 15 is 0 Å². The van der Waals surface area contributed by atoms with Crippen LogP contribution in [0.15, 0.2) is 223 Å². The van der Waals surface area contributed by atoms with Crippen molar-refractivity contribution in [1.82, 2.24) is 49.8 Å². The lowest BCUT2D eigenvalue weighted by Gasteiger charge is -2.40. The Bertz CT molecular complexity index is 5890. The Hall–Kier alpha value is -12.0. The van der Waals surface area contributed by atoms with Gasteiger partial charge >= 0.3 is 12.1 Å². The summed E-state index contributed by atoms with van der Waals surface area (Å²) in [6, 6.07) is 73.8. The Labute approximate surface area is 771 Å². The van der Waals surface area contributed by atoms with E-state index < -0.39 is 0 Å². The molecule has 4 spiro atoms. The summed E-state index contributed by atoms with van der Waals surface area (Å²) in [5.41, 5.74) is 19.5. The van der Waals surface area contributed by atoms with Crippen molar-refractivity contribution in [3.8, 4) is 29.1 Å². The van der Waals surface area contributed by atoms with Crippen LogP contribution in [0.25, 0.3) is 0 Å². The van der Waals surface area contributed by atoms with E-state index in [9.17, 15) is 34.7 Å². The molecule has 0 saturated carbocycles. The lowest BCUT2D eigenvalue weighted by Crippen LogP contribution is -2.52. The number of likely N-dealkylation sites (tertiary alicyclic amines) is 4. The fraction of sp³-hybridized carbons (Fsp3) is 0.377. The van der Waals surface area contributed by atoms with Crippen molar-refractivity contribution < 1.29 is 58.2 Å². The molecule has 0 atom stereocenters. The molecule has 10 aromatic rings. The number of piperidine rings is 4. The van der Waals surface area contributed by atoms with E-state index in [0.717, 1.165) is 171 Å². The minimum atomic E-state index is -0.270. The highest BCUT2D eigenvalue weighted by molar-refractivity contribution is 6.31. The van der Waals surface area contributed by atoms with Crippen molar-refractivity contribution >= 4 is 47.0 Å². The van der Waals surface area contributed by atoms with Gasteiger partial charge in [-0.3, -0.25) is 24.3 Å². The number of carbonyl (C=O) groups is 4. The van der Waals surface area contributed by atoms with Gasteiger partial charge in [-0.25, -0.2) is 14.6 Å². The molecule has 24 nitrogen and oxygen atoms in total. The lowest BCUT2D eigenvalue weighted by atomic mass is 9.83. The number of amides is 6. The maximum Gasteiger partial charge on any atom is 0.317 e. The molecule has 6 amide bonds. The summed E-state index contributed by atoms with van der Waals surface area (Å²) in [6.45, 7) is 21.7. The predicted molar refractivity (Wildman–Crippen MR) is 501 cm³/mol. The number of β-amino-alcohol motifs (C(OH)–C–C–N with tert-alkyl or cyclic N) is 1. The molecule has 0 radical (unpaired) electrons. The van der Waals surface area contributed by atoms with Crippen molar-refractivity contribution in [3.63, 3.8) is 0 Å². The number of phenols is 2. The predicted octanol–water partition coefficient (Wildman–Crippen LogP) is 16.2. The number of rotatable bonds is 12. The number of nitrogens with one attached hydrogen (secondary N) is 2. The van der Waals surface area contributed by atoms with Crippen molar-refractivity contribution in [1.29, 1.82) is 5.26 Å². The second-order valence-electron chi connectivity index (χ2n) is 36.3. The van der Waals surface area contributed by atoms with Gasteiger partial charge in [-0.1, -0.05) is 151 Å². The van der Waals surface area contributed by atoms with Crippen LogP contribution < -0.4 is 15.4 Å². The number of hydrogen-bond donors (Lipinski definition) is 5. The Morgan fingerprint density at radius 1 is 0.427 bits per heavy atom. The molecule has 0 aliphatic carbocycles. The van der Waals surface area contributed by atoms with Gasteiger partial charge < -0.3 is 74.1 Å². The number of ether oxygens (including phenoxy) is 5. The van der Waals surface area contributed by atoms with Crippen molar-refractivity contribution in [3.05, 3.63) is 324 Å². The van der Waals surface area contributed by atoms with Gasteiger partial charge in [0.1, 0.15) is 28.8 Å². The van der Waals surface area contributed by atoms with Crippen LogP contribution in [0.5, 0.6) is 23.0 Å². The van der Waals surface area contributed by atoms with Crippen LogP contribution in [0.3, 0.4) is 0 Å². The Kier molecular flexibility index (Phi) is 27.1. The highest BCUT2D eigenvalue weighted by Crippen LogP contribution is 2.50. The molecule has 11 aliphatic rings. The average Bonchev–Trinajstić information content (AvgIpc) is 1.64. The van der Waals surface area contributed by atoms with E-state index in [2.05, 4.69) is 139 Å². The lowest BCUT2D eigenvalue weighted by molar-refractivity contribution is -0.0799. The Morgan fingerprint density at radius 3 is 1.31 bits per heavy atom. The summed E-state index contributed by atoms with van der Waals surface area (Å²) in [7, 11) is 0. The number of carbonyl (C=O) groups excluding carboxylic acids is 4. The summed E-state index contributed by atoms with van der Waals surface area (Å²) >= 11 is 6.25. The molecule has 5 N–H and O–H groups in total. The molecule has 25 heteroatoms. The van der Waals surface area contributed by atoms with Gasteiger partial charge in [0.15, 0.2) is 5.75 Å². The van der Waals surface area contributed by atoms with Gasteiger partial charge in [-0.15, -0.1) is 0 Å². The van der Waals surface area contributed by atoms with E-state index in [0.29, 0.717) is 128 Å². The first-order chi connectivity index (χ1) is 63.8. The second-order valence-corrected chi connectivity index (χ2v) is 36.7. The van der Waals surface area contributed by atoms with Crippen molar-refractivity contribution in [2.45, 2.75) is 140 Å². The summed E-state index contributed by atoms with van der Waals surface area (Å²) in [5.74, 6) is 2.66. The maximum absolute atomic E-state index is 13.3. The zero-order chi connectivity index (χ0) is 90.2. The average molecular weight is 1780 g/mol. The molecule has 0 bridgehead atoms. The molecule has 0 unspecified atom stereocenters.